The van der Waals surface area contributed by atoms with E-state index in [2.05, 4.69) is 41.7 Å². The molecule has 1 aromatic rings. The second kappa shape index (κ2) is 7.22. The van der Waals surface area contributed by atoms with E-state index in [1.165, 1.54) is 12.1 Å². The molecular weight excluding hydrogens is 295 g/mol. The first-order chi connectivity index (χ1) is 8.49. The zero-order valence-electron chi connectivity index (χ0n) is 11.3. The van der Waals surface area contributed by atoms with Crippen LogP contribution in [0.1, 0.15) is 31.9 Å². The van der Waals surface area contributed by atoms with Crippen LogP contribution in [0.4, 0.5) is 4.39 Å². The predicted octanol–water partition coefficient (Wildman–Crippen LogP) is 3.57. The summed E-state index contributed by atoms with van der Waals surface area (Å²) in [5.41, 5.74) is 6.92. The minimum Gasteiger partial charge on any atom is -0.329 e. The Balaban J connectivity index is 2.88. The number of nitrogens with zero attached hydrogens (tertiary/aromatic N) is 1. The summed E-state index contributed by atoms with van der Waals surface area (Å²) in [6.07, 6.45) is 1.15. The number of rotatable bonds is 6. The van der Waals surface area contributed by atoms with Crippen molar-refractivity contribution in [1.29, 1.82) is 0 Å². The van der Waals surface area contributed by atoms with Crippen LogP contribution in [0, 0.1) is 11.7 Å². The average Bonchev–Trinajstić information content (AvgIpc) is 2.32. The Kier molecular flexibility index (Phi) is 6.26. The standard InChI is InChI=1S/C14H22BrFN2/c1-4-10(2)9-18(3)14(8-17)12-6-5-11(16)7-13(12)15/h5-7,10,14H,4,8-9,17H2,1-3H3. The molecule has 0 spiro atoms. The molecule has 0 saturated carbocycles. The van der Waals surface area contributed by atoms with Crippen molar-refractivity contribution in [2.45, 2.75) is 26.3 Å². The topological polar surface area (TPSA) is 29.3 Å². The summed E-state index contributed by atoms with van der Waals surface area (Å²) < 4.78 is 13.9. The summed E-state index contributed by atoms with van der Waals surface area (Å²) in [6.45, 7) is 5.92. The van der Waals surface area contributed by atoms with Gasteiger partial charge in [-0.1, -0.05) is 42.3 Å². The lowest BCUT2D eigenvalue weighted by Crippen LogP contribution is -2.33. The normalized spacial score (nSPS) is 14.8. The van der Waals surface area contributed by atoms with E-state index in [0.29, 0.717) is 12.5 Å². The number of benzene rings is 1. The molecule has 18 heavy (non-hydrogen) atoms. The summed E-state index contributed by atoms with van der Waals surface area (Å²) in [5, 5.41) is 0. The molecule has 2 N–H and O–H groups in total. The molecule has 2 atom stereocenters. The van der Waals surface area contributed by atoms with E-state index in [1.807, 2.05) is 6.07 Å². The molecule has 0 heterocycles. The monoisotopic (exact) mass is 316 g/mol. The van der Waals surface area contributed by atoms with Crippen LogP contribution in [0.25, 0.3) is 0 Å². The highest BCUT2D eigenvalue weighted by Gasteiger charge is 2.19. The Morgan fingerprint density at radius 3 is 2.61 bits per heavy atom. The van der Waals surface area contributed by atoms with Crippen LogP contribution in [-0.2, 0) is 0 Å². The molecule has 2 unspecified atom stereocenters. The number of halogens is 2. The number of nitrogens with two attached hydrogens (primary N) is 1. The van der Waals surface area contributed by atoms with Crippen LogP contribution < -0.4 is 5.73 Å². The van der Waals surface area contributed by atoms with Gasteiger partial charge in [-0.05, 0) is 30.7 Å². The zero-order chi connectivity index (χ0) is 13.7. The quantitative estimate of drug-likeness (QED) is 0.869. The third-order valence-electron chi connectivity index (χ3n) is 3.37. The molecule has 0 aliphatic rings. The van der Waals surface area contributed by atoms with Gasteiger partial charge in [-0.3, -0.25) is 4.90 Å². The van der Waals surface area contributed by atoms with Crippen LogP contribution in [0.15, 0.2) is 22.7 Å². The van der Waals surface area contributed by atoms with Gasteiger partial charge in [0.25, 0.3) is 0 Å². The highest BCUT2D eigenvalue weighted by molar-refractivity contribution is 9.10. The Morgan fingerprint density at radius 2 is 2.11 bits per heavy atom. The highest BCUT2D eigenvalue weighted by atomic mass is 79.9. The minimum atomic E-state index is -0.231. The molecule has 0 aliphatic heterocycles. The molecule has 0 amide bonds. The predicted molar refractivity (Wildman–Crippen MR) is 78.0 cm³/mol. The fraction of sp³-hybridized carbons (Fsp3) is 0.571. The summed E-state index contributed by atoms with van der Waals surface area (Å²) in [6, 6.07) is 4.91. The first kappa shape index (κ1) is 15.6. The maximum absolute atomic E-state index is 13.1. The van der Waals surface area contributed by atoms with Crippen LogP contribution in [0.5, 0.6) is 0 Å². The van der Waals surface area contributed by atoms with Gasteiger partial charge in [-0.2, -0.15) is 0 Å². The molecule has 1 aromatic carbocycles. The molecule has 0 aliphatic carbocycles. The molecule has 0 aromatic heterocycles. The van der Waals surface area contributed by atoms with Crippen LogP contribution in [0.3, 0.4) is 0 Å². The number of hydrogen-bond acceptors (Lipinski definition) is 2. The maximum atomic E-state index is 13.1. The number of likely N-dealkylation sites (N-methyl/N-ethyl adjacent to an activating group) is 1. The molecule has 0 fully saturated rings. The first-order valence-electron chi connectivity index (χ1n) is 6.34. The van der Waals surface area contributed by atoms with Crippen molar-refractivity contribution < 1.29 is 4.39 Å². The SMILES string of the molecule is CCC(C)CN(C)C(CN)c1ccc(F)cc1Br. The molecule has 4 heteroatoms. The Morgan fingerprint density at radius 1 is 1.44 bits per heavy atom. The third kappa shape index (κ3) is 4.04. The van der Waals surface area contributed by atoms with E-state index in [1.54, 1.807) is 0 Å². The first-order valence-corrected chi connectivity index (χ1v) is 7.14. The Labute approximate surface area is 117 Å². The van der Waals surface area contributed by atoms with Crippen LogP contribution >= 0.6 is 15.9 Å². The van der Waals surface area contributed by atoms with E-state index in [-0.39, 0.29) is 11.9 Å². The lowest BCUT2D eigenvalue weighted by molar-refractivity contribution is 0.214. The van der Waals surface area contributed by atoms with Gasteiger partial charge < -0.3 is 5.73 Å². The van der Waals surface area contributed by atoms with Crippen molar-refractivity contribution in [1.82, 2.24) is 4.90 Å². The Hall–Kier alpha value is -0.450. The zero-order valence-corrected chi connectivity index (χ0v) is 12.9. The van der Waals surface area contributed by atoms with Gasteiger partial charge in [0.15, 0.2) is 0 Å². The molecule has 102 valence electrons. The second-order valence-electron chi connectivity index (χ2n) is 4.87. The van der Waals surface area contributed by atoms with Crippen molar-refractivity contribution in [2.75, 3.05) is 20.1 Å². The average molecular weight is 317 g/mol. The van der Waals surface area contributed by atoms with Gasteiger partial charge in [-0.15, -0.1) is 0 Å². The van der Waals surface area contributed by atoms with Gasteiger partial charge >= 0.3 is 0 Å². The van der Waals surface area contributed by atoms with E-state index in [0.717, 1.165) is 23.0 Å². The third-order valence-corrected chi connectivity index (χ3v) is 4.06. The highest BCUT2D eigenvalue weighted by Crippen LogP contribution is 2.28. The molecular formula is C14H22BrFN2. The fourth-order valence-corrected chi connectivity index (χ4v) is 2.68. The second-order valence-corrected chi connectivity index (χ2v) is 5.72. The summed E-state index contributed by atoms with van der Waals surface area (Å²) in [7, 11) is 2.07. The van der Waals surface area contributed by atoms with Crippen LogP contribution in [0.2, 0.25) is 0 Å². The lowest BCUT2D eigenvalue weighted by Gasteiger charge is -2.30. The molecule has 2 nitrogen and oxygen atoms in total. The van der Waals surface area contributed by atoms with Crippen LogP contribution in [-0.4, -0.2) is 25.0 Å². The fourth-order valence-electron chi connectivity index (χ4n) is 2.06. The smallest absolute Gasteiger partial charge is 0.124 e. The molecule has 0 bridgehead atoms. The Bertz CT molecular complexity index is 384. The summed E-state index contributed by atoms with van der Waals surface area (Å²) in [4.78, 5) is 2.24. The van der Waals surface area contributed by atoms with Gasteiger partial charge in [0.05, 0.1) is 0 Å². The number of hydrogen-bond donors (Lipinski definition) is 1. The van der Waals surface area contributed by atoms with Gasteiger partial charge in [0, 0.05) is 23.6 Å². The molecule has 1 rings (SSSR count). The minimum absolute atomic E-state index is 0.119. The lowest BCUT2D eigenvalue weighted by atomic mass is 10.0. The van der Waals surface area contributed by atoms with E-state index < -0.39 is 0 Å². The molecule has 0 saturated heterocycles. The van der Waals surface area contributed by atoms with E-state index in [4.69, 9.17) is 5.73 Å². The van der Waals surface area contributed by atoms with Crippen molar-refractivity contribution in [2.24, 2.45) is 11.7 Å². The van der Waals surface area contributed by atoms with Gasteiger partial charge in [0.1, 0.15) is 5.82 Å². The van der Waals surface area contributed by atoms with Crippen molar-refractivity contribution in [3.05, 3.63) is 34.1 Å². The van der Waals surface area contributed by atoms with Crippen molar-refractivity contribution >= 4 is 15.9 Å². The van der Waals surface area contributed by atoms with E-state index in [9.17, 15) is 4.39 Å². The maximum Gasteiger partial charge on any atom is 0.124 e. The van der Waals surface area contributed by atoms with Gasteiger partial charge in [-0.25, -0.2) is 4.39 Å². The summed E-state index contributed by atoms with van der Waals surface area (Å²) >= 11 is 3.42. The molecule has 0 radical (unpaired) electrons. The van der Waals surface area contributed by atoms with Crippen molar-refractivity contribution in [3.63, 3.8) is 0 Å². The van der Waals surface area contributed by atoms with E-state index >= 15 is 0 Å². The largest absolute Gasteiger partial charge is 0.329 e. The van der Waals surface area contributed by atoms with Crippen molar-refractivity contribution in [3.8, 4) is 0 Å². The van der Waals surface area contributed by atoms with Gasteiger partial charge in [0.2, 0.25) is 0 Å². The summed E-state index contributed by atoms with van der Waals surface area (Å²) in [5.74, 6) is 0.397.